The van der Waals surface area contributed by atoms with E-state index in [4.69, 9.17) is 5.73 Å². The van der Waals surface area contributed by atoms with E-state index >= 15 is 0 Å². The van der Waals surface area contributed by atoms with Gasteiger partial charge in [-0.3, -0.25) is 0 Å². The molecule has 0 saturated heterocycles. The van der Waals surface area contributed by atoms with Crippen molar-refractivity contribution in [3.05, 3.63) is 33.1 Å². The van der Waals surface area contributed by atoms with Crippen LogP contribution in [0.4, 0.5) is 4.39 Å². The molecule has 1 saturated carbocycles. The third-order valence-electron chi connectivity index (χ3n) is 2.26. The lowest BCUT2D eigenvalue weighted by molar-refractivity contribution is 0.622. The van der Waals surface area contributed by atoms with Gasteiger partial charge in [0.1, 0.15) is 5.82 Å². The van der Waals surface area contributed by atoms with Crippen LogP contribution < -0.4 is 5.73 Å². The average molecular weight is 277 g/mol. The van der Waals surface area contributed by atoms with Gasteiger partial charge in [-0.15, -0.1) is 0 Å². The van der Waals surface area contributed by atoms with Crippen LogP contribution in [0.3, 0.4) is 0 Å². The van der Waals surface area contributed by atoms with E-state index < -0.39 is 0 Å². The molecule has 0 radical (unpaired) electrons. The number of benzene rings is 1. The summed E-state index contributed by atoms with van der Waals surface area (Å²) in [6, 6.07) is 4.80. The molecule has 0 unspecified atom stereocenters. The van der Waals surface area contributed by atoms with E-state index in [0.29, 0.717) is 0 Å². The van der Waals surface area contributed by atoms with Crippen molar-refractivity contribution in [1.82, 2.24) is 0 Å². The highest BCUT2D eigenvalue weighted by Gasteiger charge is 2.41. The molecule has 1 aromatic rings. The number of hydrogen-bond donors (Lipinski definition) is 1. The summed E-state index contributed by atoms with van der Waals surface area (Å²) in [5.74, 6) is -0.188. The average Bonchev–Trinajstić information content (AvgIpc) is 2.68. The van der Waals surface area contributed by atoms with Crippen LogP contribution >= 0.6 is 22.6 Å². The van der Waals surface area contributed by atoms with Gasteiger partial charge in [-0.05, 0) is 53.1 Å². The van der Waals surface area contributed by atoms with Gasteiger partial charge in [0.25, 0.3) is 0 Å². The van der Waals surface area contributed by atoms with Gasteiger partial charge in [0, 0.05) is 9.11 Å². The standard InChI is InChI=1S/C9H9FIN/c10-6-1-2-7(8(11)5-6)9(12)3-4-9/h1-2,5H,3-4,12H2. The Labute approximate surface area is 84.3 Å². The van der Waals surface area contributed by atoms with Crippen LogP contribution in [0.25, 0.3) is 0 Å². The van der Waals surface area contributed by atoms with Gasteiger partial charge in [-0.25, -0.2) is 4.39 Å². The Morgan fingerprint density at radius 3 is 2.58 bits per heavy atom. The van der Waals surface area contributed by atoms with E-state index in [1.807, 2.05) is 0 Å². The summed E-state index contributed by atoms with van der Waals surface area (Å²) < 4.78 is 13.6. The molecule has 3 heteroatoms. The normalized spacial score (nSPS) is 19.2. The van der Waals surface area contributed by atoms with Gasteiger partial charge in [-0.2, -0.15) is 0 Å². The highest BCUT2D eigenvalue weighted by atomic mass is 127. The van der Waals surface area contributed by atoms with Crippen LogP contribution in [-0.2, 0) is 5.54 Å². The smallest absolute Gasteiger partial charge is 0.124 e. The fraction of sp³-hybridized carbons (Fsp3) is 0.333. The van der Waals surface area contributed by atoms with Crippen molar-refractivity contribution in [3.8, 4) is 0 Å². The van der Waals surface area contributed by atoms with Crippen molar-refractivity contribution >= 4 is 22.6 Å². The first-order valence-corrected chi connectivity index (χ1v) is 4.94. The molecule has 0 spiro atoms. The lowest BCUT2D eigenvalue weighted by atomic mass is 10.1. The number of nitrogens with two attached hydrogens (primary N) is 1. The maximum Gasteiger partial charge on any atom is 0.124 e. The lowest BCUT2D eigenvalue weighted by Gasteiger charge is -2.10. The van der Waals surface area contributed by atoms with Crippen LogP contribution in [0.5, 0.6) is 0 Å². The minimum Gasteiger partial charge on any atom is -0.321 e. The van der Waals surface area contributed by atoms with Crippen molar-refractivity contribution in [2.75, 3.05) is 0 Å². The zero-order valence-electron chi connectivity index (χ0n) is 6.48. The second kappa shape index (κ2) is 2.67. The third-order valence-corrected chi connectivity index (χ3v) is 3.15. The molecule has 2 rings (SSSR count). The molecule has 0 aromatic heterocycles. The van der Waals surface area contributed by atoms with E-state index in [9.17, 15) is 4.39 Å². The number of halogens is 2. The van der Waals surface area contributed by atoms with E-state index in [0.717, 1.165) is 22.0 Å². The zero-order chi connectivity index (χ0) is 8.77. The molecule has 1 aromatic carbocycles. The Hall–Kier alpha value is -0.160. The molecule has 1 aliphatic rings. The highest BCUT2D eigenvalue weighted by molar-refractivity contribution is 14.1. The van der Waals surface area contributed by atoms with Crippen molar-refractivity contribution < 1.29 is 4.39 Å². The van der Waals surface area contributed by atoms with Gasteiger partial charge < -0.3 is 5.73 Å². The van der Waals surface area contributed by atoms with Crippen molar-refractivity contribution in [2.24, 2.45) is 5.73 Å². The van der Waals surface area contributed by atoms with Gasteiger partial charge in [0.15, 0.2) is 0 Å². The van der Waals surface area contributed by atoms with Gasteiger partial charge in [-0.1, -0.05) is 6.07 Å². The van der Waals surface area contributed by atoms with E-state index in [-0.39, 0.29) is 11.4 Å². The molecule has 2 N–H and O–H groups in total. The molecular formula is C9H9FIN. The maximum atomic E-state index is 12.7. The van der Waals surface area contributed by atoms with Crippen LogP contribution in [0.2, 0.25) is 0 Å². The first kappa shape index (κ1) is 8.44. The second-order valence-electron chi connectivity index (χ2n) is 3.28. The lowest BCUT2D eigenvalue weighted by Crippen LogP contribution is -2.20. The summed E-state index contributed by atoms with van der Waals surface area (Å²) >= 11 is 2.13. The molecule has 0 atom stereocenters. The monoisotopic (exact) mass is 277 g/mol. The zero-order valence-corrected chi connectivity index (χ0v) is 8.64. The van der Waals surface area contributed by atoms with E-state index in [1.165, 1.54) is 12.1 Å². The molecule has 0 heterocycles. The Morgan fingerprint density at radius 1 is 1.42 bits per heavy atom. The van der Waals surface area contributed by atoms with Crippen LogP contribution in [0, 0.1) is 9.39 Å². The van der Waals surface area contributed by atoms with E-state index in [2.05, 4.69) is 22.6 Å². The number of rotatable bonds is 1. The Morgan fingerprint density at radius 2 is 2.08 bits per heavy atom. The van der Waals surface area contributed by atoms with Crippen LogP contribution in [0.15, 0.2) is 18.2 Å². The fourth-order valence-corrected chi connectivity index (χ4v) is 2.31. The third kappa shape index (κ3) is 1.35. The summed E-state index contributed by atoms with van der Waals surface area (Å²) in [4.78, 5) is 0. The topological polar surface area (TPSA) is 26.0 Å². The van der Waals surface area contributed by atoms with Gasteiger partial charge in [0.2, 0.25) is 0 Å². The maximum absolute atomic E-state index is 12.7. The molecule has 0 aliphatic heterocycles. The summed E-state index contributed by atoms with van der Waals surface area (Å²) in [6.07, 6.45) is 2.04. The largest absolute Gasteiger partial charge is 0.321 e. The number of hydrogen-bond acceptors (Lipinski definition) is 1. The molecule has 1 nitrogen and oxygen atoms in total. The molecule has 1 fully saturated rings. The molecule has 64 valence electrons. The summed E-state index contributed by atoms with van der Waals surface area (Å²) in [5, 5.41) is 0. The predicted octanol–water partition coefficient (Wildman–Crippen LogP) is 2.38. The van der Waals surface area contributed by atoms with Crippen LogP contribution in [-0.4, -0.2) is 0 Å². The first-order chi connectivity index (χ1) is 5.62. The highest BCUT2D eigenvalue weighted by Crippen LogP contribution is 2.44. The van der Waals surface area contributed by atoms with Crippen LogP contribution in [0.1, 0.15) is 18.4 Å². The van der Waals surface area contributed by atoms with Crippen molar-refractivity contribution in [2.45, 2.75) is 18.4 Å². The molecular weight excluding hydrogens is 268 g/mol. The minimum atomic E-state index is -0.188. The first-order valence-electron chi connectivity index (χ1n) is 3.86. The van der Waals surface area contributed by atoms with Crippen molar-refractivity contribution in [3.63, 3.8) is 0 Å². The van der Waals surface area contributed by atoms with Gasteiger partial charge in [0.05, 0.1) is 0 Å². The molecule has 12 heavy (non-hydrogen) atoms. The Bertz CT molecular complexity index is 320. The predicted molar refractivity (Wildman–Crippen MR) is 54.2 cm³/mol. The SMILES string of the molecule is NC1(c2ccc(F)cc2I)CC1. The quantitative estimate of drug-likeness (QED) is 0.784. The molecule has 1 aliphatic carbocycles. The van der Waals surface area contributed by atoms with Gasteiger partial charge >= 0.3 is 0 Å². The molecule has 0 bridgehead atoms. The minimum absolute atomic E-state index is 0.149. The Kier molecular flexibility index (Phi) is 1.88. The van der Waals surface area contributed by atoms with Crippen molar-refractivity contribution in [1.29, 1.82) is 0 Å². The second-order valence-corrected chi connectivity index (χ2v) is 4.44. The summed E-state index contributed by atoms with van der Waals surface area (Å²) in [6.45, 7) is 0. The Balaban J connectivity index is 2.45. The van der Waals surface area contributed by atoms with E-state index in [1.54, 1.807) is 6.07 Å². The molecule has 0 amide bonds. The summed E-state index contributed by atoms with van der Waals surface area (Å²) in [7, 11) is 0. The fourth-order valence-electron chi connectivity index (χ4n) is 1.30. The summed E-state index contributed by atoms with van der Waals surface area (Å²) in [5.41, 5.74) is 6.93.